The van der Waals surface area contributed by atoms with Gasteiger partial charge in [-0.3, -0.25) is 4.79 Å². The van der Waals surface area contributed by atoms with Crippen LogP contribution in [-0.2, 0) is 0 Å². The molecule has 1 amide bonds. The molecule has 0 bridgehead atoms. The number of aryl methyl sites for hydroxylation is 1. The van der Waals surface area contributed by atoms with Crippen LogP contribution in [0.5, 0.6) is 5.75 Å². The maximum Gasteiger partial charge on any atom is 0.366 e. The van der Waals surface area contributed by atoms with Gasteiger partial charge in [-0.1, -0.05) is 52.7 Å². The molecule has 0 fully saturated rings. The number of hydrogen-bond acceptors (Lipinski definition) is 7. The summed E-state index contributed by atoms with van der Waals surface area (Å²) in [6.45, 7) is 1.66. The predicted molar refractivity (Wildman–Crippen MR) is 103 cm³/mol. The molecular weight excluding hydrogens is 358 g/mol. The van der Waals surface area contributed by atoms with Crippen molar-refractivity contribution >= 4 is 34.1 Å². The first-order valence-corrected chi connectivity index (χ1v) is 8.45. The Morgan fingerprint density at radius 3 is 2.57 bits per heavy atom. The molecule has 0 saturated carbocycles. The summed E-state index contributed by atoms with van der Waals surface area (Å²) in [6.07, 6.45) is 0. The van der Waals surface area contributed by atoms with E-state index in [4.69, 9.17) is 4.52 Å². The Hall–Kier alpha value is -4.07. The molecule has 8 heteroatoms. The van der Waals surface area contributed by atoms with Crippen molar-refractivity contribution in [2.75, 3.05) is 5.32 Å². The topological polar surface area (TPSA) is 113 Å². The van der Waals surface area contributed by atoms with Crippen molar-refractivity contribution in [2.24, 2.45) is 10.2 Å². The van der Waals surface area contributed by atoms with E-state index >= 15 is 0 Å². The normalized spacial score (nSPS) is 11.2. The van der Waals surface area contributed by atoms with E-state index in [1.54, 1.807) is 37.3 Å². The van der Waals surface area contributed by atoms with E-state index in [1.165, 1.54) is 0 Å². The number of aromatic nitrogens is 2. The number of aromatic hydroxyl groups is 1. The first kappa shape index (κ1) is 17.3. The van der Waals surface area contributed by atoms with Gasteiger partial charge in [-0.15, -0.1) is 5.11 Å². The molecule has 1 aromatic heterocycles. The summed E-state index contributed by atoms with van der Waals surface area (Å²) in [5.41, 5.74) is 0.843. The molecule has 138 valence electrons. The highest BCUT2D eigenvalue weighted by Crippen LogP contribution is 2.39. The van der Waals surface area contributed by atoms with Gasteiger partial charge in [-0.25, -0.2) is 0 Å². The van der Waals surface area contributed by atoms with Crippen LogP contribution in [0.4, 0.5) is 17.4 Å². The summed E-state index contributed by atoms with van der Waals surface area (Å²) < 4.78 is 4.91. The van der Waals surface area contributed by atoms with Crippen LogP contribution in [0.25, 0.3) is 10.8 Å². The van der Waals surface area contributed by atoms with E-state index in [2.05, 4.69) is 25.7 Å². The number of nitrogens with zero attached hydrogens (tertiary/aromatic N) is 4. The van der Waals surface area contributed by atoms with E-state index in [-0.39, 0.29) is 23.0 Å². The standard InChI is InChI=1S/C20H15N5O3/c1-12-21-20(28-25-12)24-23-17-15-10-6-5-7-13(15)11-16(18(17)26)19(27)22-14-8-3-2-4-9-14/h2-11,26H,1H3,(H,22,27). The van der Waals surface area contributed by atoms with Gasteiger partial charge < -0.3 is 14.9 Å². The van der Waals surface area contributed by atoms with Crippen LogP contribution < -0.4 is 5.32 Å². The van der Waals surface area contributed by atoms with Gasteiger partial charge in [0, 0.05) is 11.1 Å². The lowest BCUT2D eigenvalue weighted by atomic mass is 10.0. The molecule has 0 radical (unpaired) electrons. The van der Waals surface area contributed by atoms with E-state index < -0.39 is 5.91 Å². The number of benzene rings is 3. The Kier molecular flexibility index (Phi) is 4.51. The average molecular weight is 373 g/mol. The average Bonchev–Trinajstić information content (AvgIpc) is 3.12. The Morgan fingerprint density at radius 2 is 1.82 bits per heavy atom. The summed E-state index contributed by atoms with van der Waals surface area (Å²) in [5, 5.41) is 26.5. The fraction of sp³-hybridized carbons (Fsp3) is 0.0500. The highest BCUT2D eigenvalue weighted by molar-refractivity contribution is 6.11. The number of hydrogen-bond donors (Lipinski definition) is 2. The molecule has 0 aliphatic heterocycles. The number of carbonyl (C=O) groups excluding carboxylic acids is 1. The minimum atomic E-state index is -0.459. The zero-order chi connectivity index (χ0) is 19.5. The molecule has 0 spiro atoms. The summed E-state index contributed by atoms with van der Waals surface area (Å²) >= 11 is 0. The lowest BCUT2D eigenvalue weighted by Crippen LogP contribution is -2.12. The predicted octanol–water partition coefficient (Wildman–Crippen LogP) is 4.90. The van der Waals surface area contributed by atoms with Crippen LogP contribution in [0.2, 0.25) is 0 Å². The second kappa shape index (κ2) is 7.28. The van der Waals surface area contributed by atoms with Gasteiger partial charge in [0.25, 0.3) is 5.91 Å². The quantitative estimate of drug-likeness (QED) is 0.494. The van der Waals surface area contributed by atoms with Gasteiger partial charge in [-0.05, 0) is 30.5 Å². The summed E-state index contributed by atoms with van der Waals surface area (Å²) in [5.74, 6) is -0.328. The van der Waals surface area contributed by atoms with Gasteiger partial charge in [0.05, 0.1) is 5.56 Å². The van der Waals surface area contributed by atoms with Crippen molar-refractivity contribution < 1.29 is 14.4 Å². The lowest BCUT2D eigenvalue weighted by molar-refractivity contribution is 0.102. The Labute approximate surface area is 159 Å². The smallest absolute Gasteiger partial charge is 0.366 e. The summed E-state index contributed by atoms with van der Waals surface area (Å²) in [4.78, 5) is 16.7. The first-order chi connectivity index (χ1) is 13.6. The number of rotatable bonds is 4. The lowest BCUT2D eigenvalue weighted by Gasteiger charge is -2.11. The maximum atomic E-state index is 12.7. The molecule has 0 aliphatic rings. The molecule has 4 rings (SSSR count). The summed E-state index contributed by atoms with van der Waals surface area (Å²) in [7, 11) is 0. The fourth-order valence-electron chi connectivity index (χ4n) is 2.73. The van der Waals surface area contributed by atoms with Gasteiger partial charge in [0.1, 0.15) is 5.69 Å². The van der Waals surface area contributed by atoms with Crippen LogP contribution >= 0.6 is 0 Å². The minimum absolute atomic E-state index is 0.0416. The summed E-state index contributed by atoms with van der Waals surface area (Å²) in [6, 6.07) is 17.8. The third kappa shape index (κ3) is 3.43. The first-order valence-electron chi connectivity index (χ1n) is 8.45. The van der Waals surface area contributed by atoms with E-state index in [1.807, 2.05) is 30.3 Å². The Morgan fingerprint density at radius 1 is 1.07 bits per heavy atom. The number of nitrogens with one attached hydrogen (secondary N) is 1. The largest absolute Gasteiger partial charge is 0.505 e. The second-order valence-electron chi connectivity index (χ2n) is 5.99. The Bertz CT molecular complexity index is 1190. The number of azo groups is 1. The zero-order valence-electron chi connectivity index (χ0n) is 14.8. The van der Waals surface area contributed by atoms with Crippen LogP contribution in [0.15, 0.2) is 75.4 Å². The third-order valence-corrected chi connectivity index (χ3v) is 4.02. The number of amides is 1. The van der Waals surface area contributed by atoms with Crippen molar-refractivity contribution in [3.8, 4) is 5.75 Å². The number of phenolic OH excluding ortho intramolecular Hbond substituents is 1. The molecule has 8 nitrogen and oxygen atoms in total. The monoisotopic (exact) mass is 373 g/mol. The number of para-hydroxylation sites is 1. The van der Waals surface area contributed by atoms with Crippen LogP contribution in [0.3, 0.4) is 0 Å². The van der Waals surface area contributed by atoms with Crippen LogP contribution in [0, 0.1) is 6.92 Å². The molecule has 3 aromatic carbocycles. The number of fused-ring (bicyclic) bond motifs is 1. The highest BCUT2D eigenvalue weighted by atomic mass is 16.5. The molecule has 0 saturated heterocycles. The van der Waals surface area contributed by atoms with Gasteiger partial charge in [0.15, 0.2) is 11.6 Å². The molecule has 0 aliphatic carbocycles. The van der Waals surface area contributed by atoms with Crippen molar-refractivity contribution in [1.29, 1.82) is 0 Å². The van der Waals surface area contributed by atoms with Crippen LogP contribution in [-0.4, -0.2) is 21.2 Å². The van der Waals surface area contributed by atoms with E-state index in [0.717, 1.165) is 5.39 Å². The third-order valence-electron chi connectivity index (χ3n) is 4.02. The molecule has 2 N–H and O–H groups in total. The van der Waals surface area contributed by atoms with Crippen molar-refractivity contribution in [2.45, 2.75) is 6.92 Å². The molecule has 1 heterocycles. The fourth-order valence-corrected chi connectivity index (χ4v) is 2.73. The molecule has 0 unspecified atom stereocenters. The van der Waals surface area contributed by atoms with Crippen molar-refractivity contribution in [3.05, 3.63) is 72.1 Å². The zero-order valence-corrected chi connectivity index (χ0v) is 14.8. The SMILES string of the molecule is Cc1noc(N=Nc2c(O)c(C(=O)Nc3ccccc3)cc3ccccc23)n1. The molecule has 4 aromatic rings. The number of anilines is 1. The van der Waals surface area contributed by atoms with Crippen molar-refractivity contribution in [3.63, 3.8) is 0 Å². The van der Waals surface area contributed by atoms with E-state index in [9.17, 15) is 9.90 Å². The number of carbonyl (C=O) groups is 1. The maximum absolute atomic E-state index is 12.7. The van der Waals surface area contributed by atoms with Gasteiger partial charge >= 0.3 is 6.01 Å². The van der Waals surface area contributed by atoms with Gasteiger partial charge in [0.2, 0.25) is 0 Å². The minimum Gasteiger partial charge on any atom is -0.505 e. The second-order valence-corrected chi connectivity index (χ2v) is 5.99. The van der Waals surface area contributed by atoms with E-state index in [0.29, 0.717) is 16.9 Å². The molecular formula is C20H15N5O3. The van der Waals surface area contributed by atoms with Gasteiger partial charge in [-0.2, -0.15) is 4.98 Å². The molecule has 0 atom stereocenters. The number of phenols is 1. The molecule has 28 heavy (non-hydrogen) atoms. The van der Waals surface area contributed by atoms with Crippen LogP contribution in [0.1, 0.15) is 16.2 Å². The Balaban J connectivity index is 1.78. The highest BCUT2D eigenvalue weighted by Gasteiger charge is 2.18. The van der Waals surface area contributed by atoms with Crippen molar-refractivity contribution in [1.82, 2.24) is 10.1 Å².